The molecule has 10 atom stereocenters. The summed E-state index contributed by atoms with van der Waals surface area (Å²) in [7, 11) is -2.60. The molecule has 0 spiro atoms. The summed E-state index contributed by atoms with van der Waals surface area (Å²) in [6.45, 7) is 32.8. The Hall–Kier alpha value is -1.94. The van der Waals surface area contributed by atoms with Gasteiger partial charge in [-0.3, -0.25) is 9.59 Å². The maximum Gasteiger partial charge on any atom is 0.335 e. The Balaban J connectivity index is 1.22. The van der Waals surface area contributed by atoms with Gasteiger partial charge in [0.25, 0.3) is 0 Å². The number of benzene rings is 1. The Morgan fingerprint density at radius 1 is 0.810 bits per heavy atom. The number of carboxylic acids is 1. The second-order valence-corrected chi connectivity index (χ2v) is 35.8. The normalized spacial score (nSPS) is 36.9. The molecule has 0 bridgehead atoms. The van der Waals surface area contributed by atoms with E-state index in [1.807, 2.05) is 6.07 Å². The number of nitrogens with one attached hydrogen (secondary N) is 1. The summed E-state index contributed by atoms with van der Waals surface area (Å²) in [5.41, 5.74) is 3.26. The van der Waals surface area contributed by atoms with Crippen molar-refractivity contribution < 1.29 is 24.2 Å². The molecule has 58 heavy (non-hydrogen) atoms. The molecule has 0 aliphatic heterocycles. The van der Waals surface area contributed by atoms with Gasteiger partial charge in [-0.2, -0.15) is 0 Å². The SMILES string of the molecule is CC(C)[C@@H]1CC[C@]2(C(=O)NCCC(=O)OCC[Si](C)(C)C)CC[C@]3(C)[C@H](CC[C@@H]4[C@@]5(C)CCC(c6ccc(C(=O)O)c(CC[Si](C)(C)C)c6)C(C)(C)[C@@H]5CC[C@]43C)[C@@H]12. The molecule has 0 heterocycles. The number of aromatic carboxylic acids is 1. The van der Waals surface area contributed by atoms with Gasteiger partial charge in [0.2, 0.25) is 5.91 Å². The smallest absolute Gasteiger partial charge is 0.335 e. The van der Waals surface area contributed by atoms with Crippen LogP contribution in [0.1, 0.15) is 146 Å². The number of carboxylic acid groups (broad SMARTS) is 1. The van der Waals surface area contributed by atoms with Gasteiger partial charge in [0.1, 0.15) is 0 Å². The third-order valence-corrected chi connectivity index (χ3v) is 21.9. The van der Waals surface area contributed by atoms with Crippen LogP contribution >= 0.6 is 0 Å². The van der Waals surface area contributed by atoms with Crippen molar-refractivity contribution in [3.8, 4) is 0 Å². The molecule has 6 rings (SSSR count). The third kappa shape index (κ3) is 8.10. The van der Waals surface area contributed by atoms with Crippen molar-refractivity contribution in [3.05, 3.63) is 34.9 Å². The van der Waals surface area contributed by atoms with Crippen LogP contribution in [-0.4, -0.2) is 52.3 Å². The number of rotatable bonds is 13. The molecule has 8 heteroatoms. The Labute approximate surface area is 355 Å². The zero-order chi connectivity index (χ0) is 42.9. The van der Waals surface area contributed by atoms with Gasteiger partial charge in [-0.1, -0.05) is 106 Å². The van der Waals surface area contributed by atoms with Gasteiger partial charge in [-0.25, -0.2) is 4.79 Å². The second kappa shape index (κ2) is 16.1. The quantitative estimate of drug-likeness (QED) is 0.153. The van der Waals surface area contributed by atoms with E-state index in [1.165, 1.54) is 37.7 Å². The number of ether oxygens (including phenoxy) is 1. The summed E-state index contributed by atoms with van der Waals surface area (Å²) < 4.78 is 5.57. The van der Waals surface area contributed by atoms with Crippen LogP contribution < -0.4 is 5.32 Å². The topological polar surface area (TPSA) is 92.7 Å². The van der Waals surface area contributed by atoms with Crippen molar-refractivity contribution in [2.45, 2.75) is 183 Å². The lowest BCUT2D eigenvalue weighted by Gasteiger charge is -2.73. The summed E-state index contributed by atoms with van der Waals surface area (Å²) in [6.07, 6.45) is 12.6. The van der Waals surface area contributed by atoms with Crippen molar-refractivity contribution in [1.29, 1.82) is 0 Å². The van der Waals surface area contributed by atoms with Crippen LogP contribution in [-0.2, 0) is 20.7 Å². The summed E-state index contributed by atoms with van der Waals surface area (Å²) in [4.78, 5) is 39.5. The molecule has 5 saturated carbocycles. The van der Waals surface area contributed by atoms with Gasteiger partial charge < -0.3 is 15.2 Å². The highest BCUT2D eigenvalue weighted by Crippen LogP contribution is 2.78. The average Bonchev–Trinajstić information content (AvgIpc) is 3.51. The molecule has 2 N–H and O–H groups in total. The molecule has 5 aliphatic carbocycles. The minimum absolute atomic E-state index is 0.0988. The molecule has 5 aliphatic rings. The minimum atomic E-state index is -1.33. The monoisotopic (exact) mass is 834 g/mol. The van der Waals surface area contributed by atoms with Crippen molar-refractivity contribution in [2.75, 3.05) is 13.2 Å². The van der Waals surface area contributed by atoms with Gasteiger partial charge in [-0.15, -0.1) is 0 Å². The zero-order valence-corrected chi connectivity index (χ0v) is 41.2. The van der Waals surface area contributed by atoms with E-state index in [4.69, 9.17) is 4.74 Å². The van der Waals surface area contributed by atoms with Gasteiger partial charge in [0.05, 0.1) is 24.0 Å². The molecule has 0 aromatic heterocycles. The van der Waals surface area contributed by atoms with Crippen LogP contribution in [0.2, 0.25) is 51.4 Å². The fourth-order valence-corrected chi connectivity index (χ4v) is 16.9. The first-order valence-corrected chi connectivity index (χ1v) is 31.0. The predicted molar refractivity (Wildman–Crippen MR) is 244 cm³/mol. The second-order valence-electron chi connectivity index (χ2n) is 24.5. The molecule has 0 radical (unpaired) electrons. The van der Waals surface area contributed by atoms with Crippen molar-refractivity contribution >= 4 is 34.0 Å². The number of carbonyl (C=O) groups excluding carboxylic acids is 2. The van der Waals surface area contributed by atoms with E-state index in [0.29, 0.717) is 60.1 Å². The number of esters is 1. The fraction of sp³-hybridized carbons (Fsp3) is 0.820. The van der Waals surface area contributed by atoms with Crippen LogP contribution in [0.3, 0.4) is 0 Å². The standard InChI is InChI=1S/C50H83NO5Si2/c1-33(2)36-18-25-50(45(55)51-28-21-42(52)56-29-31-58(11,12)13)27-26-48(6)39(43(36)50)16-17-41-47(5)23-19-38(46(3,4)40(47)20-24-49(41,48)7)35-14-15-37(44(53)54)34(32-35)22-30-57(8,9)10/h14-15,32-33,36,38-41,43H,16-31H2,1-13H3,(H,51,55)(H,53,54)/t36-,38?,39+,40-,41+,43+,47-,48+,49+,50-/m0/s1. The van der Waals surface area contributed by atoms with Crippen molar-refractivity contribution in [1.82, 2.24) is 5.32 Å². The highest BCUT2D eigenvalue weighted by atomic mass is 28.3. The first-order valence-electron chi connectivity index (χ1n) is 23.6. The van der Waals surface area contributed by atoms with Crippen LogP contribution in [0, 0.1) is 62.6 Å². The first-order chi connectivity index (χ1) is 26.8. The summed E-state index contributed by atoms with van der Waals surface area (Å²) in [5.74, 6) is 2.89. The Morgan fingerprint density at radius 2 is 1.50 bits per heavy atom. The number of aryl methyl sites for hydroxylation is 1. The molecule has 0 saturated heterocycles. The molecular weight excluding hydrogens is 751 g/mol. The Bertz CT molecular complexity index is 1710. The Kier molecular flexibility index (Phi) is 12.6. The highest BCUT2D eigenvalue weighted by molar-refractivity contribution is 6.76. The molecule has 1 unspecified atom stereocenters. The molecule has 1 amide bonds. The van der Waals surface area contributed by atoms with E-state index in [1.54, 1.807) is 0 Å². The maximum absolute atomic E-state index is 14.6. The zero-order valence-electron chi connectivity index (χ0n) is 39.2. The fourth-order valence-electron chi connectivity index (χ4n) is 15.1. The largest absolute Gasteiger partial charge is 0.478 e. The molecule has 1 aromatic rings. The first kappa shape index (κ1) is 45.6. The van der Waals surface area contributed by atoms with Crippen LogP contribution in [0.4, 0.5) is 0 Å². The number of hydrogen-bond donors (Lipinski definition) is 2. The minimum Gasteiger partial charge on any atom is -0.478 e. The number of fused-ring (bicyclic) bond motifs is 7. The highest BCUT2D eigenvalue weighted by Gasteiger charge is 2.72. The van der Waals surface area contributed by atoms with Crippen LogP contribution in [0.25, 0.3) is 0 Å². The van der Waals surface area contributed by atoms with E-state index in [9.17, 15) is 19.5 Å². The van der Waals surface area contributed by atoms with E-state index >= 15 is 0 Å². The van der Waals surface area contributed by atoms with E-state index in [0.717, 1.165) is 56.2 Å². The van der Waals surface area contributed by atoms with Gasteiger partial charge in [0.15, 0.2) is 0 Å². The summed E-state index contributed by atoms with van der Waals surface area (Å²) in [5, 5.41) is 13.5. The molecule has 326 valence electrons. The van der Waals surface area contributed by atoms with Gasteiger partial charge in [0, 0.05) is 22.7 Å². The lowest BCUT2D eigenvalue weighted by molar-refractivity contribution is -0.239. The van der Waals surface area contributed by atoms with E-state index in [-0.39, 0.29) is 45.4 Å². The molecule has 6 nitrogen and oxygen atoms in total. The van der Waals surface area contributed by atoms with Crippen molar-refractivity contribution in [3.63, 3.8) is 0 Å². The van der Waals surface area contributed by atoms with Crippen molar-refractivity contribution in [2.24, 2.45) is 62.6 Å². The molecular formula is C50H83NO5Si2. The molecule has 5 fully saturated rings. The lowest BCUT2D eigenvalue weighted by atomic mass is 9.31. The van der Waals surface area contributed by atoms with E-state index in [2.05, 4.69) is 105 Å². The van der Waals surface area contributed by atoms with Crippen LogP contribution in [0.15, 0.2) is 18.2 Å². The van der Waals surface area contributed by atoms with Gasteiger partial charge >= 0.3 is 11.9 Å². The lowest BCUT2D eigenvalue weighted by Crippen LogP contribution is -2.67. The summed E-state index contributed by atoms with van der Waals surface area (Å²) in [6, 6.07) is 8.45. The summed E-state index contributed by atoms with van der Waals surface area (Å²) >= 11 is 0. The van der Waals surface area contributed by atoms with E-state index < -0.39 is 22.1 Å². The number of carbonyl (C=O) groups is 3. The Morgan fingerprint density at radius 3 is 2.14 bits per heavy atom. The number of amides is 1. The third-order valence-electron chi connectivity index (χ3n) is 18.5. The molecule has 1 aromatic carbocycles. The average molecular weight is 834 g/mol. The van der Waals surface area contributed by atoms with Crippen LogP contribution in [0.5, 0.6) is 0 Å². The maximum atomic E-state index is 14.6. The van der Waals surface area contributed by atoms with Gasteiger partial charge in [-0.05, 0) is 157 Å². The predicted octanol–water partition coefficient (Wildman–Crippen LogP) is 12.5. The number of hydrogen-bond acceptors (Lipinski definition) is 4.